The molecule has 0 radical (unpaired) electrons. The van der Waals surface area contributed by atoms with Gasteiger partial charge in [-0.3, -0.25) is 0 Å². The number of azide groups is 1. The van der Waals surface area contributed by atoms with Crippen LogP contribution in [0.3, 0.4) is 0 Å². The number of hydrogen-bond acceptors (Lipinski definition) is 3. The van der Waals surface area contributed by atoms with Crippen molar-refractivity contribution in [2.75, 3.05) is 7.11 Å². The van der Waals surface area contributed by atoms with Gasteiger partial charge in [0.25, 0.3) is 0 Å². The molecule has 0 aliphatic heterocycles. The monoisotopic (exact) mass is 213 g/mol. The van der Waals surface area contributed by atoms with E-state index >= 15 is 0 Å². The van der Waals surface area contributed by atoms with Gasteiger partial charge < -0.3 is 4.74 Å². The summed E-state index contributed by atoms with van der Waals surface area (Å²) in [5.74, 6) is -3.40. The van der Waals surface area contributed by atoms with Crippen molar-refractivity contribution in [3.63, 3.8) is 0 Å². The largest absolute Gasteiger partial charge is 0.465 e. The van der Waals surface area contributed by atoms with Gasteiger partial charge >= 0.3 is 5.97 Å². The van der Waals surface area contributed by atoms with E-state index < -0.39 is 23.2 Å². The summed E-state index contributed by atoms with van der Waals surface area (Å²) >= 11 is 0. The van der Waals surface area contributed by atoms with Crippen LogP contribution in [0.25, 0.3) is 10.4 Å². The van der Waals surface area contributed by atoms with Crippen LogP contribution in [0.5, 0.6) is 0 Å². The number of esters is 1. The Balaban J connectivity index is 3.33. The molecule has 0 saturated heterocycles. The van der Waals surface area contributed by atoms with Crippen molar-refractivity contribution in [2.24, 2.45) is 5.11 Å². The molecule has 0 aliphatic rings. The minimum atomic E-state index is -1.13. The zero-order valence-electron chi connectivity index (χ0n) is 7.57. The fourth-order valence-electron chi connectivity index (χ4n) is 0.966. The van der Waals surface area contributed by atoms with Crippen LogP contribution < -0.4 is 0 Å². The molecule has 0 unspecified atom stereocenters. The van der Waals surface area contributed by atoms with Gasteiger partial charge in [0.2, 0.25) is 0 Å². The molecule has 0 fully saturated rings. The molecule has 15 heavy (non-hydrogen) atoms. The number of halogens is 2. The third-order valence-electron chi connectivity index (χ3n) is 1.58. The Morgan fingerprint density at radius 3 is 2.40 bits per heavy atom. The summed E-state index contributed by atoms with van der Waals surface area (Å²) in [5.41, 5.74) is 6.99. The highest BCUT2D eigenvalue weighted by atomic mass is 19.1. The van der Waals surface area contributed by atoms with Crippen molar-refractivity contribution in [2.45, 2.75) is 0 Å². The molecule has 7 heteroatoms. The average molecular weight is 213 g/mol. The molecule has 0 heterocycles. The first-order valence-electron chi connectivity index (χ1n) is 3.72. The molecule has 1 rings (SSSR count). The van der Waals surface area contributed by atoms with E-state index in [1.807, 2.05) is 0 Å². The lowest BCUT2D eigenvalue weighted by molar-refractivity contribution is 0.0590. The molecule has 78 valence electrons. The standard InChI is InChI=1S/C8H5F2N3O2/c1-15-8(14)7-5(9)2-4(12-13-11)3-6(7)10/h2-3H,1H3. The molecule has 0 N–H and O–H groups in total. The Morgan fingerprint density at radius 1 is 1.47 bits per heavy atom. The summed E-state index contributed by atoms with van der Waals surface area (Å²) in [4.78, 5) is 13.3. The quantitative estimate of drug-likeness (QED) is 0.327. The molecule has 0 bridgehead atoms. The Hall–Kier alpha value is -2.14. The SMILES string of the molecule is COC(=O)c1c(F)cc(N=[N+]=[N-])cc1F. The van der Waals surface area contributed by atoms with Crippen LogP contribution in [-0.2, 0) is 4.74 Å². The van der Waals surface area contributed by atoms with Crippen molar-refractivity contribution >= 4 is 11.7 Å². The predicted octanol–water partition coefficient (Wildman–Crippen LogP) is 2.69. The smallest absolute Gasteiger partial charge is 0.343 e. The first-order chi connectivity index (χ1) is 7.10. The summed E-state index contributed by atoms with van der Waals surface area (Å²) < 4.78 is 30.5. The van der Waals surface area contributed by atoms with Crippen LogP contribution in [-0.4, -0.2) is 13.1 Å². The first kappa shape index (κ1) is 10.9. The van der Waals surface area contributed by atoms with Crippen LogP contribution >= 0.6 is 0 Å². The molecule has 0 aromatic heterocycles. The van der Waals surface area contributed by atoms with Gasteiger partial charge in [0, 0.05) is 10.6 Å². The molecule has 0 spiro atoms. The zero-order chi connectivity index (χ0) is 11.4. The van der Waals surface area contributed by atoms with Gasteiger partial charge in [0.05, 0.1) is 7.11 Å². The summed E-state index contributed by atoms with van der Waals surface area (Å²) in [6.07, 6.45) is 0. The van der Waals surface area contributed by atoms with Gasteiger partial charge in [-0.15, -0.1) is 0 Å². The highest BCUT2D eigenvalue weighted by Gasteiger charge is 2.18. The molecule has 0 amide bonds. The number of ether oxygens (including phenoxy) is 1. The summed E-state index contributed by atoms with van der Waals surface area (Å²) in [6, 6.07) is 1.49. The number of carbonyl (C=O) groups is 1. The van der Waals surface area contributed by atoms with Crippen molar-refractivity contribution in [1.29, 1.82) is 0 Å². The molecular weight excluding hydrogens is 208 g/mol. The van der Waals surface area contributed by atoms with Gasteiger partial charge in [-0.2, -0.15) is 0 Å². The topological polar surface area (TPSA) is 75.1 Å². The number of methoxy groups -OCH3 is 1. The third kappa shape index (κ3) is 2.21. The average Bonchev–Trinajstić information content (AvgIpc) is 2.16. The lowest BCUT2D eigenvalue weighted by Crippen LogP contribution is -2.07. The van der Waals surface area contributed by atoms with Gasteiger partial charge in [-0.05, 0) is 17.7 Å². The summed E-state index contributed by atoms with van der Waals surface area (Å²) in [5, 5.41) is 3.00. The molecule has 0 saturated carbocycles. The highest BCUT2D eigenvalue weighted by Crippen LogP contribution is 2.21. The third-order valence-corrected chi connectivity index (χ3v) is 1.58. The fourth-order valence-corrected chi connectivity index (χ4v) is 0.966. The second kappa shape index (κ2) is 4.39. The lowest BCUT2D eigenvalue weighted by Gasteiger charge is -2.03. The maximum Gasteiger partial charge on any atom is 0.343 e. The number of hydrogen-bond donors (Lipinski definition) is 0. The number of benzene rings is 1. The Labute approximate surface area is 82.9 Å². The van der Waals surface area contributed by atoms with E-state index in [4.69, 9.17) is 5.53 Å². The molecule has 1 aromatic carbocycles. The first-order valence-corrected chi connectivity index (χ1v) is 3.72. The minimum Gasteiger partial charge on any atom is -0.465 e. The maximum atomic E-state index is 13.1. The van der Waals surface area contributed by atoms with Crippen molar-refractivity contribution in [3.05, 3.63) is 39.8 Å². The number of rotatable bonds is 2. The highest BCUT2D eigenvalue weighted by molar-refractivity contribution is 5.90. The number of nitrogens with zero attached hydrogens (tertiary/aromatic N) is 3. The van der Waals surface area contributed by atoms with Crippen LogP contribution in [0.4, 0.5) is 14.5 Å². The number of carbonyl (C=O) groups excluding carboxylic acids is 1. The van der Waals surface area contributed by atoms with E-state index in [1.54, 1.807) is 0 Å². The summed E-state index contributed by atoms with van der Waals surface area (Å²) in [7, 11) is 1.00. The van der Waals surface area contributed by atoms with E-state index in [0.717, 1.165) is 19.2 Å². The molecule has 5 nitrogen and oxygen atoms in total. The molecule has 0 atom stereocenters. The van der Waals surface area contributed by atoms with E-state index in [9.17, 15) is 13.6 Å². The van der Waals surface area contributed by atoms with Gasteiger partial charge in [-0.1, -0.05) is 5.11 Å². The summed E-state index contributed by atoms with van der Waals surface area (Å²) in [6.45, 7) is 0. The fraction of sp³-hybridized carbons (Fsp3) is 0.125. The minimum absolute atomic E-state index is 0.250. The van der Waals surface area contributed by atoms with E-state index in [1.165, 1.54) is 0 Å². The van der Waals surface area contributed by atoms with E-state index in [0.29, 0.717) is 0 Å². The normalized spacial score (nSPS) is 9.27. The van der Waals surface area contributed by atoms with Gasteiger partial charge in [0.15, 0.2) is 0 Å². The Kier molecular flexibility index (Phi) is 3.20. The Bertz CT molecular complexity index is 432. The van der Waals surface area contributed by atoms with Crippen LogP contribution in [0.2, 0.25) is 0 Å². The van der Waals surface area contributed by atoms with Crippen molar-refractivity contribution < 1.29 is 18.3 Å². The van der Waals surface area contributed by atoms with Crippen LogP contribution in [0.1, 0.15) is 10.4 Å². The maximum absolute atomic E-state index is 13.1. The van der Waals surface area contributed by atoms with Gasteiger partial charge in [0.1, 0.15) is 17.2 Å². The predicted molar refractivity (Wildman–Crippen MR) is 46.5 cm³/mol. The van der Waals surface area contributed by atoms with E-state index in [-0.39, 0.29) is 5.69 Å². The van der Waals surface area contributed by atoms with Crippen molar-refractivity contribution in [1.82, 2.24) is 0 Å². The van der Waals surface area contributed by atoms with Crippen LogP contribution in [0, 0.1) is 11.6 Å². The van der Waals surface area contributed by atoms with Crippen LogP contribution in [0.15, 0.2) is 17.2 Å². The Morgan fingerprint density at radius 2 is 2.00 bits per heavy atom. The second-order valence-corrected chi connectivity index (χ2v) is 2.47. The zero-order valence-corrected chi connectivity index (χ0v) is 7.57. The molecule has 1 aromatic rings. The van der Waals surface area contributed by atoms with Crippen molar-refractivity contribution in [3.8, 4) is 0 Å². The van der Waals surface area contributed by atoms with Gasteiger partial charge in [-0.25, -0.2) is 13.6 Å². The van der Waals surface area contributed by atoms with E-state index in [2.05, 4.69) is 14.8 Å². The molecular formula is C8H5F2N3O2. The molecule has 0 aliphatic carbocycles. The lowest BCUT2D eigenvalue weighted by atomic mass is 10.2. The second-order valence-electron chi connectivity index (χ2n) is 2.47.